The van der Waals surface area contributed by atoms with E-state index in [1.807, 2.05) is 20.8 Å². The van der Waals surface area contributed by atoms with Crippen LogP contribution in [0.2, 0.25) is 0 Å². The molecule has 1 aliphatic carbocycles. The second kappa shape index (κ2) is 6.73. The first-order chi connectivity index (χ1) is 12.1. The largest absolute Gasteiger partial charge is 0.356 e. The summed E-state index contributed by atoms with van der Waals surface area (Å²) in [5.74, 6) is 4.61. The highest BCUT2D eigenvalue weighted by Gasteiger charge is 2.26. The molecule has 25 heavy (non-hydrogen) atoms. The molecule has 3 heterocycles. The molecule has 0 spiro atoms. The van der Waals surface area contributed by atoms with Gasteiger partial charge in [0.25, 0.3) is 0 Å². The van der Waals surface area contributed by atoms with E-state index in [1.54, 1.807) is 0 Å². The van der Waals surface area contributed by atoms with E-state index in [-0.39, 0.29) is 0 Å². The summed E-state index contributed by atoms with van der Waals surface area (Å²) in [6.07, 6.45) is 7.24. The van der Waals surface area contributed by atoms with Gasteiger partial charge in [-0.3, -0.25) is 0 Å². The van der Waals surface area contributed by atoms with E-state index >= 15 is 0 Å². The Kier molecular flexibility index (Phi) is 4.44. The average Bonchev–Trinajstić information content (AvgIpc) is 2.91. The number of hydrogen-bond donors (Lipinski definition) is 0. The van der Waals surface area contributed by atoms with Crippen LogP contribution in [-0.4, -0.2) is 37.8 Å². The van der Waals surface area contributed by atoms with Crippen LogP contribution in [-0.2, 0) is 19.4 Å². The van der Waals surface area contributed by atoms with Crippen molar-refractivity contribution in [3.63, 3.8) is 0 Å². The summed E-state index contributed by atoms with van der Waals surface area (Å²) in [6.45, 7) is 9.16. The molecular weight excluding hydrogens is 312 g/mol. The molecular formula is C19H28N6. The summed E-state index contributed by atoms with van der Waals surface area (Å²) < 4.78 is 2.07. The fraction of sp³-hybridized carbons (Fsp3) is 0.684. The standard InChI is InChI=1S/C19H28N6/c1-13-21-18-9-5-4-8-17(18)19(22-13)24-10-6-7-16(11-24)12-25-15(3)20-14(2)23-25/h16H,4-12H2,1-3H3. The fourth-order valence-electron chi connectivity index (χ4n) is 4.34. The molecule has 6 nitrogen and oxygen atoms in total. The minimum atomic E-state index is 0.600. The number of nitrogens with zero attached hydrogens (tertiary/aromatic N) is 6. The highest BCUT2D eigenvalue weighted by molar-refractivity contribution is 5.50. The minimum Gasteiger partial charge on any atom is -0.356 e. The Bertz CT molecular complexity index is 766. The van der Waals surface area contributed by atoms with Crippen molar-refractivity contribution in [3.8, 4) is 0 Å². The van der Waals surface area contributed by atoms with Crippen molar-refractivity contribution < 1.29 is 0 Å². The summed E-state index contributed by atoms with van der Waals surface area (Å²) in [5, 5.41) is 4.55. The third-order valence-corrected chi connectivity index (χ3v) is 5.49. The first kappa shape index (κ1) is 16.5. The molecule has 1 fully saturated rings. The van der Waals surface area contributed by atoms with Gasteiger partial charge in [-0.25, -0.2) is 19.6 Å². The fourth-order valence-corrected chi connectivity index (χ4v) is 4.34. The van der Waals surface area contributed by atoms with E-state index in [4.69, 9.17) is 9.97 Å². The number of anilines is 1. The molecule has 1 aliphatic heterocycles. The van der Waals surface area contributed by atoms with Crippen LogP contribution < -0.4 is 4.90 Å². The lowest BCUT2D eigenvalue weighted by molar-refractivity contribution is 0.346. The van der Waals surface area contributed by atoms with Crippen molar-refractivity contribution in [2.75, 3.05) is 18.0 Å². The molecule has 1 atom stereocenters. The van der Waals surface area contributed by atoms with Gasteiger partial charge in [0.2, 0.25) is 0 Å². The zero-order valence-electron chi connectivity index (χ0n) is 15.6. The molecule has 0 amide bonds. The van der Waals surface area contributed by atoms with Gasteiger partial charge in [0.15, 0.2) is 0 Å². The zero-order chi connectivity index (χ0) is 17.4. The molecule has 2 aromatic heterocycles. The maximum absolute atomic E-state index is 4.85. The number of fused-ring (bicyclic) bond motifs is 1. The van der Waals surface area contributed by atoms with E-state index in [2.05, 4.69) is 19.7 Å². The molecule has 0 radical (unpaired) electrons. The molecule has 0 aromatic carbocycles. The number of rotatable bonds is 3. The van der Waals surface area contributed by atoms with Gasteiger partial charge in [-0.1, -0.05) is 0 Å². The normalized spacial score (nSPS) is 20.6. The molecule has 2 aromatic rings. The lowest BCUT2D eigenvalue weighted by Gasteiger charge is -2.35. The van der Waals surface area contributed by atoms with Crippen LogP contribution in [0.15, 0.2) is 0 Å². The molecule has 1 unspecified atom stereocenters. The lowest BCUT2D eigenvalue weighted by atomic mass is 9.93. The summed E-state index contributed by atoms with van der Waals surface area (Å²) in [5.41, 5.74) is 2.70. The topological polar surface area (TPSA) is 59.7 Å². The summed E-state index contributed by atoms with van der Waals surface area (Å²) in [4.78, 5) is 16.5. The van der Waals surface area contributed by atoms with Crippen LogP contribution in [0.5, 0.6) is 0 Å². The molecule has 0 N–H and O–H groups in total. The minimum absolute atomic E-state index is 0.600. The van der Waals surface area contributed by atoms with Gasteiger partial charge in [-0.15, -0.1) is 0 Å². The van der Waals surface area contributed by atoms with E-state index in [0.717, 1.165) is 49.9 Å². The summed E-state index contributed by atoms with van der Waals surface area (Å²) in [6, 6.07) is 0. The highest BCUT2D eigenvalue weighted by atomic mass is 15.3. The van der Waals surface area contributed by atoms with E-state index in [0.29, 0.717) is 5.92 Å². The predicted octanol–water partition coefficient (Wildman–Crippen LogP) is 2.79. The highest BCUT2D eigenvalue weighted by Crippen LogP contribution is 2.31. The number of aryl methyl sites for hydroxylation is 4. The Labute approximate surface area is 149 Å². The van der Waals surface area contributed by atoms with Crippen LogP contribution >= 0.6 is 0 Å². The zero-order valence-corrected chi connectivity index (χ0v) is 15.6. The van der Waals surface area contributed by atoms with Gasteiger partial charge >= 0.3 is 0 Å². The van der Waals surface area contributed by atoms with Gasteiger partial charge in [0, 0.05) is 30.9 Å². The smallest absolute Gasteiger partial charge is 0.147 e. The van der Waals surface area contributed by atoms with Crippen molar-refractivity contribution in [1.29, 1.82) is 0 Å². The number of hydrogen-bond acceptors (Lipinski definition) is 5. The van der Waals surface area contributed by atoms with Crippen LogP contribution in [0.25, 0.3) is 0 Å². The second-order valence-electron chi connectivity index (χ2n) is 7.57. The third kappa shape index (κ3) is 3.39. The first-order valence-electron chi connectivity index (χ1n) is 9.59. The third-order valence-electron chi connectivity index (χ3n) is 5.49. The Balaban J connectivity index is 1.55. The van der Waals surface area contributed by atoms with Crippen molar-refractivity contribution in [1.82, 2.24) is 24.7 Å². The SMILES string of the molecule is Cc1nc2c(c(N3CCCC(Cn4nc(C)nc4C)C3)n1)CCCC2. The second-order valence-corrected chi connectivity index (χ2v) is 7.57. The van der Waals surface area contributed by atoms with Crippen molar-refractivity contribution in [2.24, 2.45) is 5.92 Å². The van der Waals surface area contributed by atoms with Crippen molar-refractivity contribution in [2.45, 2.75) is 65.8 Å². The Morgan fingerprint density at radius 2 is 1.80 bits per heavy atom. The predicted molar refractivity (Wildman–Crippen MR) is 97.8 cm³/mol. The maximum atomic E-state index is 4.85. The van der Waals surface area contributed by atoms with E-state index < -0.39 is 0 Å². The molecule has 1 saturated heterocycles. The molecule has 0 saturated carbocycles. The van der Waals surface area contributed by atoms with E-state index in [1.165, 1.54) is 42.8 Å². The average molecular weight is 340 g/mol. The summed E-state index contributed by atoms with van der Waals surface area (Å²) in [7, 11) is 0. The number of aromatic nitrogens is 5. The Morgan fingerprint density at radius 3 is 2.60 bits per heavy atom. The van der Waals surface area contributed by atoms with Crippen molar-refractivity contribution in [3.05, 3.63) is 28.7 Å². The van der Waals surface area contributed by atoms with Crippen LogP contribution in [0.4, 0.5) is 5.82 Å². The van der Waals surface area contributed by atoms with E-state index in [9.17, 15) is 0 Å². The maximum Gasteiger partial charge on any atom is 0.147 e. The Morgan fingerprint density at radius 1 is 0.960 bits per heavy atom. The summed E-state index contributed by atoms with van der Waals surface area (Å²) >= 11 is 0. The van der Waals surface area contributed by atoms with Gasteiger partial charge < -0.3 is 4.90 Å². The van der Waals surface area contributed by atoms with Crippen LogP contribution in [0, 0.1) is 26.7 Å². The lowest BCUT2D eigenvalue weighted by Crippen LogP contribution is -2.39. The monoisotopic (exact) mass is 340 g/mol. The van der Waals surface area contributed by atoms with Crippen LogP contribution in [0.1, 0.15) is 54.4 Å². The van der Waals surface area contributed by atoms with Gasteiger partial charge in [0.05, 0.1) is 0 Å². The van der Waals surface area contributed by atoms with Gasteiger partial charge in [0.1, 0.15) is 23.3 Å². The van der Waals surface area contributed by atoms with Crippen LogP contribution in [0.3, 0.4) is 0 Å². The van der Waals surface area contributed by atoms with Gasteiger partial charge in [-0.05, 0) is 65.2 Å². The Hall–Kier alpha value is -1.98. The molecule has 6 heteroatoms. The molecule has 0 bridgehead atoms. The molecule has 2 aliphatic rings. The number of piperidine rings is 1. The quantitative estimate of drug-likeness (QED) is 0.860. The van der Waals surface area contributed by atoms with Crippen molar-refractivity contribution >= 4 is 5.82 Å². The molecule has 4 rings (SSSR count). The first-order valence-corrected chi connectivity index (χ1v) is 9.59. The molecule has 134 valence electrons. The van der Waals surface area contributed by atoms with Gasteiger partial charge in [-0.2, -0.15) is 5.10 Å².